The second kappa shape index (κ2) is 6.13. The minimum Gasteiger partial charge on any atom is -0.494 e. The van der Waals surface area contributed by atoms with E-state index in [9.17, 15) is 19.3 Å². The Kier molecular flexibility index (Phi) is 4.27. The number of methoxy groups -OCH3 is 1. The molecule has 0 saturated heterocycles. The zero-order chi connectivity index (χ0) is 15.4. The third-order valence-corrected chi connectivity index (χ3v) is 2.99. The molecule has 108 valence electrons. The first-order valence-corrected chi connectivity index (χ1v) is 6.11. The first-order valence-electron chi connectivity index (χ1n) is 6.11. The maximum Gasteiger partial charge on any atom is 0.269 e. The Bertz CT molecular complexity index is 683. The van der Waals surface area contributed by atoms with E-state index in [2.05, 4.69) is 0 Å². The summed E-state index contributed by atoms with van der Waals surface area (Å²) < 4.78 is 18.3. The molecule has 5 nitrogen and oxygen atoms in total. The molecule has 0 aliphatic carbocycles. The van der Waals surface area contributed by atoms with Gasteiger partial charge in [-0.3, -0.25) is 14.9 Å². The average molecular weight is 289 g/mol. The van der Waals surface area contributed by atoms with Crippen LogP contribution in [0.5, 0.6) is 5.75 Å². The summed E-state index contributed by atoms with van der Waals surface area (Å²) in [5.74, 6) is -0.806. The van der Waals surface area contributed by atoms with E-state index in [1.165, 1.54) is 43.5 Å². The summed E-state index contributed by atoms with van der Waals surface area (Å²) in [6.07, 6.45) is 0.0454. The van der Waals surface area contributed by atoms with Crippen molar-refractivity contribution in [3.05, 3.63) is 69.5 Å². The largest absolute Gasteiger partial charge is 0.494 e. The van der Waals surface area contributed by atoms with E-state index in [-0.39, 0.29) is 29.2 Å². The molecule has 0 atom stereocenters. The number of ketones is 1. The Labute approximate surface area is 120 Å². The van der Waals surface area contributed by atoms with Crippen molar-refractivity contribution in [1.82, 2.24) is 0 Å². The van der Waals surface area contributed by atoms with Gasteiger partial charge in [-0.2, -0.15) is 0 Å². The Morgan fingerprint density at radius 1 is 1.24 bits per heavy atom. The summed E-state index contributed by atoms with van der Waals surface area (Å²) in [4.78, 5) is 22.1. The second-order valence-electron chi connectivity index (χ2n) is 4.37. The zero-order valence-electron chi connectivity index (χ0n) is 11.2. The molecular weight excluding hydrogens is 277 g/mol. The van der Waals surface area contributed by atoms with Crippen LogP contribution in [0.2, 0.25) is 0 Å². The predicted octanol–water partition coefficient (Wildman–Crippen LogP) is 3.17. The molecule has 21 heavy (non-hydrogen) atoms. The molecule has 2 aromatic carbocycles. The van der Waals surface area contributed by atoms with Crippen molar-refractivity contribution < 1.29 is 18.8 Å². The number of ether oxygens (including phenoxy) is 1. The second-order valence-corrected chi connectivity index (χ2v) is 4.37. The van der Waals surface area contributed by atoms with Crippen LogP contribution in [-0.4, -0.2) is 17.8 Å². The first kappa shape index (κ1) is 14.6. The lowest BCUT2D eigenvalue weighted by Gasteiger charge is -2.05. The lowest BCUT2D eigenvalue weighted by molar-refractivity contribution is -0.384. The molecule has 0 fully saturated rings. The van der Waals surface area contributed by atoms with Crippen LogP contribution < -0.4 is 4.74 Å². The summed E-state index contributed by atoms with van der Waals surface area (Å²) in [7, 11) is 1.34. The van der Waals surface area contributed by atoms with Gasteiger partial charge in [0.1, 0.15) is 0 Å². The van der Waals surface area contributed by atoms with Crippen molar-refractivity contribution in [2.45, 2.75) is 6.42 Å². The Balaban J connectivity index is 2.14. The van der Waals surface area contributed by atoms with E-state index in [4.69, 9.17) is 4.74 Å². The molecule has 0 aliphatic heterocycles. The van der Waals surface area contributed by atoms with E-state index >= 15 is 0 Å². The smallest absolute Gasteiger partial charge is 0.269 e. The highest BCUT2D eigenvalue weighted by Gasteiger charge is 2.12. The van der Waals surface area contributed by atoms with Gasteiger partial charge in [-0.25, -0.2) is 4.39 Å². The maximum absolute atomic E-state index is 13.5. The van der Waals surface area contributed by atoms with Crippen molar-refractivity contribution >= 4 is 11.5 Å². The minimum atomic E-state index is -0.605. The topological polar surface area (TPSA) is 69.4 Å². The number of halogens is 1. The first-order chi connectivity index (χ1) is 10.0. The van der Waals surface area contributed by atoms with E-state index in [1.54, 1.807) is 0 Å². The summed E-state index contributed by atoms with van der Waals surface area (Å²) in [5.41, 5.74) is 0.815. The molecule has 0 heterocycles. The van der Waals surface area contributed by atoms with Crippen LogP contribution in [0, 0.1) is 15.9 Å². The van der Waals surface area contributed by atoms with Crippen molar-refractivity contribution in [2.24, 2.45) is 0 Å². The van der Waals surface area contributed by atoms with Gasteiger partial charge in [0.05, 0.1) is 12.0 Å². The molecule has 0 aromatic heterocycles. The van der Waals surface area contributed by atoms with Gasteiger partial charge in [-0.05, 0) is 23.8 Å². The van der Waals surface area contributed by atoms with Gasteiger partial charge in [0.25, 0.3) is 5.69 Å². The number of nitro benzene ring substituents is 1. The average Bonchev–Trinajstić information content (AvgIpc) is 2.47. The van der Waals surface area contributed by atoms with Crippen LogP contribution >= 0.6 is 0 Å². The van der Waals surface area contributed by atoms with Crippen LogP contribution in [0.15, 0.2) is 42.5 Å². The number of Topliss-reactive ketones (excluding diaryl/α,β-unsaturated/α-hetero) is 1. The highest BCUT2D eigenvalue weighted by Crippen LogP contribution is 2.19. The van der Waals surface area contributed by atoms with Gasteiger partial charge in [0.15, 0.2) is 17.3 Å². The monoisotopic (exact) mass is 289 g/mol. The number of hydrogen-bond donors (Lipinski definition) is 0. The zero-order valence-corrected chi connectivity index (χ0v) is 11.2. The number of nitro groups is 1. The maximum atomic E-state index is 13.5. The molecule has 2 aromatic rings. The fraction of sp³-hybridized carbons (Fsp3) is 0.133. The number of carbonyl (C=O) groups excluding carboxylic acids is 1. The molecule has 0 spiro atoms. The molecule has 6 heteroatoms. The van der Waals surface area contributed by atoms with Gasteiger partial charge < -0.3 is 4.74 Å². The number of carbonyl (C=O) groups is 1. The van der Waals surface area contributed by atoms with Gasteiger partial charge >= 0.3 is 0 Å². The molecule has 0 aliphatic rings. The molecule has 0 amide bonds. The molecule has 0 N–H and O–H groups in total. The fourth-order valence-electron chi connectivity index (χ4n) is 1.86. The van der Waals surface area contributed by atoms with Crippen LogP contribution in [0.25, 0.3) is 0 Å². The summed E-state index contributed by atoms with van der Waals surface area (Å²) in [5, 5.41) is 10.5. The van der Waals surface area contributed by atoms with Crippen LogP contribution in [0.1, 0.15) is 15.9 Å². The highest BCUT2D eigenvalue weighted by atomic mass is 19.1. The fourth-order valence-corrected chi connectivity index (χ4v) is 1.86. The predicted molar refractivity (Wildman–Crippen MR) is 74.1 cm³/mol. The van der Waals surface area contributed by atoms with E-state index < -0.39 is 10.7 Å². The Morgan fingerprint density at radius 3 is 2.43 bits per heavy atom. The van der Waals surface area contributed by atoms with Crippen LogP contribution in [-0.2, 0) is 6.42 Å². The Hall–Kier alpha value is -2.76. The SMILES string of the molecule is COc1ccc(C(=O)Cc2ccc([N+](=O)[O-])cc2)cc1F. The molecule has 2 rings (SSSR count). The van der Waals surface area contributed by atoms with Crippen molar-refractivity contribution in [3.63, 3.8) is 0 Å². The van der Waals surface area contributed by atoms with Crippen LogP contribution in [0.3, 0.4) is 0 Å². The van der Waals surface area contributed by atoms with Crippen LogP contribution in [0.4, 0.5) is 10.1 Å². The lowest BCUT2D eigenvalue weighted by atomic mass is 10.0. The third kappa shape index (κ3) is 3.42. The molecule has 0 unspecified atom stereocenters. The number of nitrogens with zero attached hydrogens (tertiary/aromatic N) is 1. The van der Waals surface area contributed by atoms with Gasteiger partial charge in [0.2, 0.25) is 0 Å². The van der Waals surface area contributed by atoms with Gasteiger partial charge in [0, 0.05) is 24.1 Å². The normalized spacial score (nSPS) is 10.2. The van der Waals surface area contributed by atoms with E-state index in [0.717, 1.165) is 6.07 Å². The summed E-state index contributed by atoms with van der Waals surface area (Å²) in [6, 6.07) is 9.67. The Morgan fingerprint density at radius 2 is 1.90 bits per heavy atom. The molecule has 0 bridgehead atoms. The molecular formula is C15H12FNO4. The molecule has 0 saturated carbocycles. The highest BCUT2D eigenvalue weighted by molar-refractivity contribution is 5.97. The lowest BCUT2D eigenvalue weighted by Crippen LogP contribution is -2.04. The standard InChI is InChI=1S/C15H12FNO4/c1-21-15-7-4-11(9-13(15)16)14(18)8-10-2-5-12(6-3-10)17(19)20/h2-7,9H,8H2,1H3. The number of benzene rings is 2. The van der Waals surface area contributed by atoms with Gasteiger partial charge in [-0.15, -0.1) is 0 Å². The van der Waals surface area contributed by atoms with E-state index in [0.29, 0.717) is 5.56 Å². The third-order valence-electron chi connectivity index (χ3n) is 2.99. The summed E-state index contributed by atoms with van der Waals surface area (Å²) in [6.45, 7) is 0. The van der Waals surface area contributed by atoms with E-state index in [1.807, 2.05) is 0 Å². The van der Waals surface area contributed by atoms with Crippen molar-refractivity contribution in [2.75, 3.05) is 7.11 Å². The summed E-state index contributed by atoms with van der Waals surface area (Å²) >= 11 is 0. The number of hydrogen-bond acceptors (Lipinski definition) is 4. The number of rotatable bonds is 5. The number of non-ortho nitro benzene ring substituents is 1. The van der Waals surface area contributed by atoms with Gasteiger partial charge in [-0.1, -0.05) is 12.1 Å². The minimum absolute atomic E-state index is 0.0401. The quantitative estimate of drug-likeness (QED) is 0.481. The van der Waals surface area contributed by atoms with Crippen molar-refractivity contribution in [3.8, 4) is 5.75 Å². The van der Waals surface area contributed by atoms with Crippen molar-refractivity contribution in [1.29, 1.82) is 0 Å². The molecule has 0 radical (unpaired) electrons.